The normalized spacial score (nSPS) is 17.6. The lowest BCUT2D eigenvalue weighted by molar-refractivity contribution is -0.102. The predicted molar refractivity (Wildman–Crippen MR) is 133 cm³/mol. The van der Waals surface area contributed by atoms with Crippen LogP contribution in [0, 0.1) is 0 Å². The Balaban J connectivity index is 1.55. The van der Waals surface area contributed by atoms with Gasteiger partial charge in [-0.3, -0.25) is 4.99 Å². The second-order valence-electron chi connectivity index (χ2n) is 9.13. The zero-order valence-corrected chi connectivity index (χ0v) is 20.4. The second kappa shape index (κ2) is 8.75. The molecule has 0 amide bonds. The van der Waals surface area contributed by atoms with Gasteiger partial charge in [0.25, 0.3) is 5.92 Å². The molecule has 0 unspecified atom stereocenters. The summed E-state index contributed by atoms with van der Waals surface area (Å²) in [6.07, 6.45) is 9.01. The van der Waals surface area contributed by atoms with Crippen LogP contribution in [0.2, 0.25) is 5.02 Å². The number of anilines is 1. The van der Waals surface area contributed by atoms with Crippen LogP contribution in [0.15, 0.2) is 41.8 Å². The third kappa shape index (κ3) is 3.89. The van der Waals surface area contributed by atoms with Gasteiger partial charge in [0.2, 0.25) is 0 Å². The third-order valence-corrected chi connectivity index (χ3v) is 7.35. The maximum Gasteiger partial charge on any atom is 0.257 e. The van der Waals surface area contributed by atoms with Crippen LogP contribution in [0.1, 0.15) is 38.4 Å². The standard InChI is InChI=1S/C24H27ClF2N8/c1-23(26,27)24(6-3-7-24)22-33-32-21-18-11-15(14-34(18)9-4-10-35(21)22)16-12-20(30-13-17(16)25)31-19(29-2)5-8-28/h5,8,11-14H,3-4,6-7,9-10,28H2,1-2H3,(H,29,30,31). The topological polar surface area (TPSA) is 98.9 Å². The van der Waals surface area contributed by atoms with Gasteiger partial charge in [-0.2, -0.15) is 0 Å². The lowest BCUT2D eigenvalue weighted by atomic mass is 9.64. The molecule has 0 saturated heterocycles. The van der Waals surface area contributed by atoms with Crippen LogP contribution in [-0.4, -0.2) is 43.1 Å². The van der Waals surface area contributed by atoms with Crippen LogP contribution in [0.25, 0.3) is 22.6 Å². The van der Waals surface area contributed by atoms with Gasteiger partial charge in [0.15, 0.2) is 5.82 Å². The molecule has 5 rings (SSSR count). The number of halogens is 3. The molecule has 1 aliphatic carbocycles. The molecule has 35 heavy (non-hydrogen) atoms. The molecule has 0 atom stereocenters. The number of fused-ring (bicyclic) bond motifs is 3. The van der Waals surface area contributed by atoms with E-state index in [0.717, 1.165) is 43.1 Å². The van der Waals surface area contributed by atoms with Crippen LogP contribution < -0.4 is 11.1 Å². The second-order valence-corrected chi connectivity index (χ2v) is 9.53. The number of nitrogens with two attached hydrogens (primary N) is 1. The van der Waals surface area contributed by atoms with E-state index >= 15 is 0 Å². The van der Waals surface area contributed by atoms with E-state index in [1.54, 1.807) is 19.3 Å². The van der Waals surface area contributed by atoms with Crippen LogP contribution in [0.4, 0.5) is 14.6 Å². The Morgan fingerprint density at radius 2 is 2.06 bits per heavy atom. The van der Waals surface area contributed by atoms with Crippen molar-refractivity contribution in [2.24, 2.45) is 10.7 Å². The number of amidine groups is 1. The fraction of sp³-hybridized carbons (Fsp3) is 0.417. The van der Waals surface area contributed by atoms with Crippen LogP contribution >= 0.6 is 11.6 Å². The van der Waals surface area contributed by atoms with Gasteiger partial charge in [0.1, 0.15) is 17.5 Å². The number of alkyl halides is 2. The van der Waals surface area contributed by atoms with E-state index in [1.807, 2.05) is 22.9 Å². The van der Waals surface area contributed by atoms with Gasteiger partial charge in [-0.05, 0) is 43.7 Å². The van der Waals surface area contributed by atoms with Crippen LogP contribution in [0.5, 0.6) is 0 Å². The summed E-state index contributed by atoms with van der Waals surface area (Å²) < 4.78 is 33.4. The molecular weight excluding hydrogens is 474 g/mol. The molecule has 184 valence electrons. The van der Waals surface area contributed by atoms with Gasteiger partial charge >= 0.3 is 0 Å². The number of aromatic nitrogens is 5. The minimum absolute atomic E-state index is 0.398. The predicted octanol–water partition coefficient (Wildman–Crippen LogP) is 4.86. The first kappa shape index (κ1) is 23.5. The number of pyridine rings is 1. The minimum atomic E-state index is -2.86. The summed E-state index contributed by atoms with van der Waals surface area (Å²) in [5, 5.41) is 12.3. The summed E-state index contributed by atoms with van der Waals surface area (Å²) in [5.74, 6) is -0.736. The summed E-state index contributed by atoms with van der Waals surface area (Å²) >= 11 is 6.52. The molecule has 2 aliphatic rings. The summed E-state index contributed by atoms with van der Waals surface area (Å²) in [4.78, 5) is 8.46. The highest BCUT2D eigenvalue weighted by molar-refractivity contribution is 6.33. The van der Waals surface area contributed by atoms with Crippen molar-refractivity contribution in [1.82, 2.24) is 24.3 Å². The zero-order chi connectivity index (χ0) is 24.8. The van der Waals surface area contributed by atoms with Crippen molar-refractivity contribution in [2.75, 3.05) is 12.4 Å². The Hall–Kier alpha value is -3.27. The summed E-state index contributed by atoms with van der Waals surface area (Å²) in [5.41, 5.74) is 6.71. The van der Waals surface area contributed by atoms with E-state index in [2.05, 4.69) is 30.1 Å². The number of nitrogens with one attached hydrogen (secondary N) is 1. The summed E-state index contributed by atoms with van der Waals surface area (Å²) in [6.45, 7) is 2.33. The smallest absolute Gasteiger partial charge is 0.257 e. The summed E-state index contributed by atoms with van der Waals surface area (Å²) in [6, 6.07) is 3.82. The third-order valence-electron chi connectivity index (χ3n) is 7.05. The van der Waals surface area contributed by atoms with Gasteiger partial charge in [-0.15, -0.1) is 10.2 Å². The van der Waals surface area contributed by atoms with E-state index in [0.29, 0.717) is 47.7 Å². The van der Waals surface area contributed by atoms with Gasteiger partial charge in [-0.1, -0.05) is 18.0 Å². The average Bonchev–Trinajstić information content (AvgIpc) is 3.34. The Labute approximate surface area is 206 Å². The number of aliphatic imine (C=N–C) groups is 1. The maximum absolute atomic E-state index is 14.7. The zero-order valence-electron chi connectivity index (χ0n) is 19.6. The highest BCUT2D eigenvalue weighted by atomic mass is 35.5. The quantitative estimate of drug-likeness (QED) is 0.385. The Morgan fingerprint density at radius 1 is 1.26 bits per heavy atom. The monoisotopic (exact) mass is 500 g/mol. The van der Waals surface area contributed by atoms with Crippen molar-refractivity contribution >= 4 is 23.3 Å². The molecule has 1 saturated carbocycles. The van der Waals surface area contributed by atoms with Crippen molar-refractivity contribution in [3.8, 4) is 22.6 Å². The molecule has 3 N–H and O–H groups in total. The average molecular weight is 501 g/mol. The maximum atomic E-state index is 14.7. The number of nitrogens with zero attached hydrogens (tertiary/aromatic N) is 6. The largest absolute Gasteiger partial charge is 0.404 e. The molecule has 1 aliphatic heterocycles. The first-order valence-electron chi connectivity index (χ1n) is 11.6. The molecule has 3 aromatic rings. The van der Waals surface area contributed by atoms with E-state index < -0.39 is 11.3 Å². The van der Waals surface area contributed by atoms with Crippen molar-refractivity contribution in [3.05, 3.63) is 47.6 Å². The minimum Gasteiger partial charge on any atom is -0.404 e. The molecule has 0 radical (unpaired) electrons. The fourth-order valence-corrected chi connectivity index (χ4v) is 5.21. The van der Waals surface area contributed by atoms with Gasteiger partial charge in [0.05, 0.1) is 16.1 Å². The molecule has 0 aromatic carbocycles. The Kier molecular flexibility index (Phi) is 5.86. The molecule has 11 heteroatoms. The lowest BCUT2D eigenvalue weighted by Gasteiger charge is -2.44. The molecule has 0 bridgehead atoms. The highest BCUT2D eigenvalue weighted by Gasteiger charge is 2.58. The highest BCUT2D eigenvalue weighted by Crippen LogP contribution is 2.53. The summed E-state index contributed by atoms with van der Waals surface area (Å²) in [7, 11) is 1.65. The number of hydrogen-bond acceptors (Lipinski definition) is 5. The van der Waals surface area contributed by atoms with E-state index in [-0.39, 0.29) is 0 Å². The molecular formula is C24H27ClF2N8. The van der Waals surface area contributed by atoms with E-state index in [9.17, 15) is 8.78 Å². The number of rotatable bonds is 5. The van der Waals surface area contributed by atoms with Gasteiger partial charge < -0.3 is 20.2 Å². The molecule has 4 heterocycles. The lowest BCUT2D eigenvalue weighted by Crippen LogP contribution is -2.50. The van der Waals surface area contributed by atoms with E-state index in [4.69, 9.17) is 17.3 Å². The SMILES string of the molecule is CN=C(C=CN)Nc1cc(-c2cc3n(c2)CCCn2c-3nnc2C2(C(C)(F)F)CCC2)c(Cl)cn1. The van der Waals surface area contributed by atoms with Crippen LogP contribution in [-0.2, 0) is 18.5 Å². The van der Waals surface area contributed by atoms with E-state index in [1.165, 1.54) is 6.20 Å². The van der Waals surface area contributed by atoms with Crippen LogP contribution in [0.3, 0.4) is 0 Å². The number of hydrogen-bond donors (Lipinski definition) is 2. The molecule has 3 aromatic heterocycles. The first-order valence-corrected chi connectivity index (χ1v) is 12.0. The molecule has 8 nitrogen and oxygen atoms in total. The fourth-order valence-electron chi connectivity index (χ4n) is 5.00. The Bertz CT molecular complexity index is 1310. The molecule has 0 spiro atoms. The van der Waals surface area contributed by atoms with Crippen molar-refractivity contribution in [3.63, 3.8) is 0 Å². The van der Waals surface area contributed by atoms with Crippen molar-refractivity contribution in [1.29, 1.82) is 0 Å². The Morgan fingerprint density at radius 3 is 2.71 bits per heavy atom. The van der Waals surface area contributed by atoms with Crippen molar-refractivity contribution in [2.45, 2.75) is 57.0 Å². The van der Waals surface area contributed by atoms with Gasteiger partial charge in [-0.25, -0.2) is 13.8 Å². The van der Waals surface area contributed by atoms with Gasteiger partial charge in [0, 0.05) is 50.6 Å². The first-order chi connectivity index (χ1) is 16.8. The molecule has 1 fully saturated rings. The van der Waals surface area contributed by atoms with Crippen molar-refractivity contribution < 1.29 is 8.78 Å². The number of aryl methyl sites for hydroxylation is 1.